The number of methoxy groups -OCH3 is 2. The van der Waals surface area contributed by atoms with Crippen molar-refractivity contribution in [1.29, 1.82) is 0 Å². The van der Waals surface area contributed by atoms with Crippen LogP contribution in [0.1, 0.15) is 20.9 Å². The lowest BCUT2D eigenvalue weighted by Crippen LogP contribution is -1.99. The average molecular weight is 292 g/mol. The minimum Gasteiger partial charge on any atom is -0.497 e. The maximum absolute atomic E-state index is 11.6. The molecule has 0 saturated heterocycles. The molecule has 106 valence electrons. The van der Waals surface area contributed by atoms with E-state index in [0.29, 0.717) is 15.7 Å². The zero-order valence-corrected chi connectivity index (χ0v) is 12.6. The van der Waals surface area contributed by atoms with Gasteiger partial charge in [-0.05, 0) is 37.6 Å². The van der Waals surface area contributed by atoms with Gasteiger partial charge in [-0.3, -0.25) is 0 Å². The van der Waals surface area contributed by atoms with Crippen LogP contribution in [0.4, 0.5) is 10.8 Å². The first kappa shape index (κ1) is 14.3. The van der Waals surface area contributed by atoms with E-state index in [1.807, 2.05) is 25.1 Å². The first-order valence-electron chi connectivity index (χ1n) is 6.02. The van der Waals surface area contributed by atoms with Gasteiger partial charge < -0.3 is 14.8 Å². The Balaban J connectivity index is 2.24. The molecule has 0 unspecified atom stereocenters. The zero-order chi connectivity index (χ0) is 14.7. The molecule has 0 aliphatic heterocycles. The molecule has 1 heterocycles. The summed E-state index contributed by atoms with van der Waals surface area (Å²) in [6.45, 7) is 3.77. The Kier molecular flexibility index (Phi) is 4.24. The predicted molar refractivity (Wildman–Crippen MR) is 79.2 cm³/mol. The third-order valence-corrected chi connectivity index (χ3v) is 3.90. The molecule has 1 aromatic heterocycles. The lowest BCUT2D eigenvalue weighted by atomic mass is 10.2. The highest BCUT2D eigenvalue weighted by molar-refractivity contribution is 7.17. The van der Waals surface area contributed by atoms with Crippen molar-refractivity contribution < 1.29 is 14.3 Å². The molecule has 0 amide bonds. The van der Waals surface area contributed by atoms with Crippen molar-refractivity contribution in [3.8, 4) is 5.75 Å². The standard InChI is InChI=1S/C14H16N2O3S/c1-8-7-10(18-3)5-6-11(8)16-14-15-9(2)12(20-14)13(17)19-4/h5-7H,1-4H3,(H,15,16). The van der Waals surface area contributed by atoms with E-state index in [1.165, 1.54) is 18.4 Å². The van der Waals surface area contributed by atoms with Crippen LogP contribution < -0.4 is 10.1 Å². The summed E-state index contributed by atoms with van der Waals surface area (Å²) in [4.78, 5) is 16.4. The quantitative estimate of drug-likeness (QED) is 0.876. The van der Waals surface area contributed by atoms with E-state index in [-0.39, 0.29) is 5.97 Å². The van der Waals surface area contributed by atoms with Crippen LogP contribution in [0.5, 0.6) is 5.75 Å². The van der Waals surface area contributed by atoms with Gasteiger partial charge >= 0.3 is 5.97 Å². The average Bonchev–Trinajstić information content (AvgIpc) is 2.81. The highest BCUT2D eigenvalue weighted by Crippen LogP contribution is 2.29. The maximum Gasteiger partial charge on any atom is 0.350 e. The van der Waals surface area contributed by atoms with E-state index in [4.69, 9.17) is 9.47 Å². The Labute approximate surface area is 121 Å². The van der Waals surface area contributed by atoms with E-state index in [9.17, 15) is 4.79 Å². The van der Waals surface area contributed by atoms with Gasteiger partial charge in [0.2, 0.25) is 0 Å². The smallest absolute Gasteiger partial charge is 0.350 e. The number of rotatable bonds is 4. The highest BCUT2D eigenvalue weighted by Gasteiger charge is 2.16. The summed E-state index contributed by atoms with van der Waals surface area (Å²) in [5.41, 5.74) is 2.63. The lowest BCUT2D eigenvalue weighted by molar-refractivity contribution is 0.0605. The highest BCUT2D eigenvalue weighted by atomic mass is 32.1. The fourth-order valence-electron chi connectivity index (χ4n) is 1.75. The van der Waals surface area contributed by atoms with Gasteiger partial charge in [0.25, 0.3) is 0 Å². The van der Waals surface area contributed by atoms with Gasteiger partial charge in [-0.1, -0.05) is 11.3 Å². The van der Waals surface area contributed by atoms with Crippen LogP contribution in [-0.2, 0) is 4.74 Å². The SMILES string of the molecule is COC(=O)c1sc(Nc2ccc(OC)cc2C)nc1C. The van der Waals surface area contributed by atoms with Crippen LogP contribution in [0, 0.1) is 13.8 Å². The number of benzene rings is 1. The van der Waals surface area contributed by atoms with Crippen LogP contribution in [-0.4, -0.2) is 25.2 Å². The van der Waals surface area contributed by atoms with Gasteiger partial charge in [-0.25, -0.2) is 9.78 Å². The number of carbonyl (C=O) groups excluding carboxylic acids is 1. The van der Waals surface area contributed by atoms with E-state index in [0.717, 1.165) is 17.0 Å². The van der Waals surface area contributed by atoms with Gasteiger partial charge in [-0.15, -0.1) is 0 Å². The number of aromatic nitrogens is 1. The molecule has 0 radical (unpaired) electrons. The van der Waals surface area contributed by atoms with E-state index >= 15 is 0 Å². The van der Waals surface area contributed by atoms with Crippen molar-refractivity contribution in [2.45, 2.75) is 13.8 Å². The minimum absolute atomic E-state index is 0.362. The monoisotopic (exact) mass is 292 g/mol. The fraction of sp³-hybridized carbons (Fsp3) is 0.286. The number of aryl methyl sites for hydroxylation is 2. The van der Waals surface area contributed by atoms with Crippen molar-refractivity contribution in [2.24, 2.45) is 0 Å². The number of hydrogen-bond acceptors (Lipinski definition) is 6. The number of carbonyl (C=O) groups is 1. The van der Waals surface area contributed by atoms with Crippen LogP contribution in [0.3, 0.4) is 0 Å². The molecule has 0 atom stereocenters. The summed E-state index contributed by atoms with van der Waals surface area (Å²) in [5.74, 6) is 0.443. The summed E-state index contributed by atoms with van der Waals surface area (Å²) in [7, 11) is 3.00. The third-order valence-electron chi connectivity index (χ3n) is 2.84. The first-order chi connectivity index (χ1) is 9.55. The first-order valence-corrected chi connectivity index (χ1v) is 6.84. The van der Waals surface area contributed by atoms with Crippen LogP contribution in [0.15, 0.2) is 18.2 Å². The Morgan fingerprint density at radius 2 is 2.05 bits per heavy atom. The molecule has 1 N–H and O–H groups in total. The molecular weight excluding hydrogens is 276 g/mol. The van der Waals surface area contributed by atoms with Gasteiger partial charge in [0, 0.05) is 5.69 Å². The van der Waals surface area contributed by atoms with Crippen molar-refractivity contribution in [3.05, 3.63) is 34.3 Å². The molecule has 1 aromatic carbocycles. The second kappa shape index (κ2) is 5.92. The molecule has 0 aliphatic carbocycles. The van der Waals surface area contributed by atoms with Crippen LogP contribution >= 0.6 is 11.3 Å². The Morgan fingerprint density at radius 3 is 2.65 bits per heavy atom. The number of anilines is 2. The largest absolute Gasteiger partial charge is 0.497 e. The summed E-state index contributed by atoms with van der Waals surface area (Å²) in [6, 6.07) is 5.73. The van der Waals surface area contributed by atoms with Gasteiger partial charge in [0.15, 0.2) is 5.13 Å². The van der Waals surface area contributed by atoms with Gasteiger partial charge in [0.1, 0.15) is 10.6 Å². The molecule has 0 saturated carbocycles. The van der Waals surface area contributed by atoms with Crippen molar-refractivity contribution in [3.63, 3.8) is 0 Å². The third kappa shape index (κ3) is 2.91. The number of esters is 1. The molecule has 0 bridgehead atoms. The number of ether oxygens (including phenoxy) is 2. The van der Waals surface area contributed by atoms with Crippen molar-refractivity contribution in [1.82, 2.24) is 4.98 Å². The molecule has 2 aromatic rings. The molecular formula is C14H16N2O3S. The number of thiazole rings is 1. The van der Waals surface area contributed by atoms with Gasteiger partial charge in [0.05, 0.1) is 19.9 Å². The molecule has 5 nitrogen and oxygen atoms in total. The van der Waals surface area contributed by atoms with Gasteiger partial charge in [-0.2, -0.15) is 0 Å². The Bertz CT molecular complexity index is 637. The second-order valence-electron chi connectivity index (χ2n) is 4.23. The Hall–Kier alpha value is -2.08. The predicted octanol–water partition coefficient (Wildman–Crippen LogP) is 3.30. The minimum atomic E-state index is -0.362. The Morgan fingerprint density at radius 1 is 1.30 bits per heavy atom. The summed E-state index contributed by atoms with van der Waals surface area (Å²) in [5, 5.41) is 3.87. The van der Waals surface area contributed by atoms with E-state index in [1.54, 1.807) is 14.0 Å². The molecule has 20 heavy (non-hydrogen) atoms. The summed E-state index contributed by atoms with van der Waals surface area (Å²) in [6.07, 6.45) is 0. The molecule has 0 fully saturated rings. The molecule has 0 spiro atoms. The zero-order valence-electron chi connectivity index (χ0n) is 11.8. The van der Waals surface area contributed by atoms with Crippen LogP contribution in [0.25, 0.3) is 0 Å². The van der Waals surface area contributed by atoms with Crippen molar-refractivity contribution >= 4 is 28.1 Å². The summed E-state index contributed by atoms with van der Waals surface area (Å²) >= 11 is 1.28. The lowest BCUT2D eigenvalue weighted by Gasteiger charge is -2.08. The molecule has 2 rings (SSSR count). The van der Waals surface area contributed by atoms with E-state index in [2.05, 4.69) is 10.3 Å². The van der Waals surface area contributed by atoms with E-state index < -0.39 is 0 Å². The normalized spacial score (nSPS) is 10.2. The van der Waals surface area contributed by atoms with Crippen molar-refractivity contribution in [2.75, 3.05) is 19.5 Å². The fourth-order valence-corrected chi connectivity index (χ4v) is 2.65. The maximum atomic E-state index is 11.6. The second-order valence-corrected chi connectivity index (χ2v) is 5.23. The molecule has 0 aliphatic rings. The van der Waals surface area contributed by atoms with Crippen LogP contribution in [0.2, 0.25) is 0 Å². The number of hydrogen-bond donors (Lipinski definition) is 1. The topological polar surface area (TPSA) is 60.5 Å². The molecule has 6 heteroatoms. The summed E-state index contributed by atoms with van der Waals surface area (Å²) < 4.78 is 9.89. The number of nitrogens with one attached hydrogen (secondary N) is 1. The number of nitrogens with zero attached hydrogens (tertiary/aromatic N) is 1.